The normalized spacial score (nSPS) is 17.1. The number of hydrogen-bond acceptors (Lipinski definition) is 2. The van der Waals surface area contributed by atoms with Crippen molar-refractivity contribution in [2.45, 2.75) is 19.3 Å². The summed E-state index contributed by atoms with van der Waals surface area (Å²) in [7, 11) is 0. The first-order valence-electron chi connectivity index (χ1n) is 5.25. The van der Waals surface area contributed by atoms with Crippen LogP contribution in [-0.2, 0) is 0 Å². The molecule has 16 heavy (non-hydrogen) atoms. The van der Waals surface area contributed by atoms with E-state index >= 15 is 0 Å². The Bertz CT molecular complexity index is 387. The topological polar surface area (TPSA) is 29.1 Å². The molecule has 1 fully saturated rings. The monoisotopic (exact) mass is 365 g/mol. The molecular formula is C11H13Br2NOS. The summed E-state index contributed by atoms with van der Waals surface area (Å²) in [5.41, 5.74) is 0.383. The number of carbonyl (C=O) groups is 1. The zero-order valence-corrected chi connectivity index (χ0v) is 12.8. The van der Waals surface area contributed by atoms with Crippen LogP contribution in [0.4, 0.5) is 0 Å². The Balaban J connectivity index is 1.84. The minimum absolute atomic E-state index is 0.0524. The standard InChI is InChI=1S/C11H13Br2NOS/c12-6-5-11(3-4-11)7-14-10(15)8-1-2-9(13)16-8/h1-2H,3-7H2,(H,14,15). The molecule has 1 saturated carbocycles. The molecule has 1 aliphatic carbocycles. The summed E-state index contributed by atoms with van der Waals surface area (Å²) in [4.78, 5) is 12.6. The Hall–Kier alpha value is 0.130. The van der Waals surface area contributed by atoms with Crippen molar-refractivity contribution in [3.63, 3.8) is 0 Å². The van der Waals surface area contributed by atoms with E-state index in [1.165, 1.54) is 24.2 Å². The van der Waals surface area contributed by atoms with Gasteiger partial charge in [0.25, 0.3) is 5.91 Å². The molecule has 5 heteroatoms. The van der Waals surface area contributed by atoms with Crippen LogP contribution in [0.15, 0.2) is 15.9 Å². The third-order valence-corrected chi connectivity index (χ3v) is 5.02. The molecule has 0 unspecified atom stereocenters. The van der Waals surface area contributed by atoms with Crippen molar-refractivity contribution in [1.29, 1.82) is 0 Å². The smallest absolute Gasteiger partial charge is 0.261 e. The predicted molar refractivity (Wildman–Crippen MR) is 74.4 cm³/mol. The first-order valence-corrected chi connectivity index (χ1v) is 7.98. The summed E-state index contributed by atoms with van der Waals surface area (Å²) in [6, 6.07) is 3.76. The van der Waals surface area contributed by atoms with Gasteiger partial charge < -0.3 is 5.32 Å². The minimum Gasteiger partial charge on any atom is -0.351 e. The van der Waals surface area contributed by atoms with Gasteiger partial charge in [-0.05, 0) is 52.7 Å². The Morgan fingerprint density at radius 3 is 2.75 bits per heavy atom. The first kappa shape index (κ1) is 12.6. The maximum absolute atomic E-state index is 11.8. The molecule has 88 valence electrons. The van der Waals surface area contributed by atoms with Crippen molar-refractivity contribution < 1.29 is 4.79 Å². The van der Waals surface area contributed by atoms with Gasteiger partial charge in [-0.1, -0.05) is 15.9 Å². The third-order valence-electron chi connectivity index (χ3n) is 3.00. The van der Waals surface area contributed by atoms with Gasteiger partial charge >= 0.3 is 0 Å². The van der Waals surface area contributed by atoms with Crippen molar-refractivity contribution in [2.75, 3.05) is 11.9 Å². The van der Waals surface area contributed by atoms with Crippen LogP contribution in [0.3, 0.4) is 0 Å². The number of nitrogens with one attached hydrogen (secondary N) is 1. The molecule has 1 aromatic heterocycles. The van der Waals surface area contributed by atoms with E-state index in [2.05, 4.69) is 37.2 Å². The molecule has 0 bridgehead atoms. The summed E-state index contributed by atoms with van der Waals surface area (Å²) in [5.74, 6) is 0.0524. The van der Waals surface area contributed by atoms with Crippen molar-refractivity contribution in [1.82, 2.24) is 5.32 Å². The number of halogens is 2. The van der Waals surface area contributed by atoms with E-state index < -0.39 is 0 Å². The number of thiophene rings is 1. The number of carbonyl (C=O) groups excluding carboxylic acids is 1. The predicted octanol–water partition coefficient (Wildman–Crippen LogP) is 3.81. The molecule has 0 aromatic carbocycles. The number of hydrogen-bond donors (Lipinski definition) is 1. The molecule has 2 rings (SSSR count). The lowest BCUT2D eigenvalue weighted by atomic mass is 10.0. The Kier molecular flexibility index (Phi) is 4.08. The van der Waals surface area contributed by atoms with Crippen molar-refractivity contribution >= 4 is 49.1 Å². The van der Waals surface area contributed by atoms with E-state index in [0.717, 1.165) is 27.0 Å². The van der Waals surface area contributed by atoms with Gasteiger partial charge in [0.15, 0.2) is 0 Å². The largest absolute Gasteiger partial charge is 0.351 e. The van der Waals surface area contributed by atoms with E-state index in [1.54, 1.807) is 0 Å². The molecule has 0 aliphatic heterocycles. The maximum Gasteiger partial charge on any atom is 0.261 e. The second-order valence-electron chi connectivity index (χ2n) is 4.23. The lowest BCUT2D eigenvalue weighted by molar-refractivity contribution is 0.0948. The highest BCUT2D eigenvalue weighted by Gasteiger charge is 2.41. The van der Waals surface area contributed by atoms with Crippen LogP contribution in [-0.4, -0.2) is 17.8 Å². The van der Waals surface area contributed by atoms with E-state index in [0.29, 0.717) is 5.41 Å². The molecule has 1 amide bonds. The average Bonchev–Trinajstić information content (AvgIpc) is 2.89. The van der Waals surface area contributed by atoms with E-state index in [-0.39, 0.29) is 5.91 Å². The van der Waals surface area contributed by atoms with E-state index in [1.807, 2.05) is 12.1 Å². The number of alkyl halides is 1. The number of amides is 1. The van der Waals surface area contributed by atoms with Gasteiger partial charge in [0.05, 0.1) is 8.66 Å². The Labute approximate surface area is 116 Å². The van der Waals surface area contributed by atoms with Gasteiger partial charge in [-0.25, -0.2) is 0 Å². The van der Waals surface area contributed by atoms with Crippen LogP contribution in [0.25, 0.3) is 0 Å². The molecule has 0 saturated heterocycles. The van der Waals surface area contributed by atoms with Gasteiger partial charge in [-0.2, -0.15) is 0 Å². The summed E-state index contributed by atoms with van der Waals surface area (Å²) >= 11 is 8.30. The second-order valence-corrected chi connectivity index (χ2v) is 7.48. The minimum atomic E-state index is 0.0524. The summed E-state index contributed by atoms with van der Waals surface area (Å²) in [6.07, 6.45) is 3.64. The molecule has 0 spiro atoms. The van der Waals surface area contributed by atoms with Crippen LogP contribution in [0.1, 0.15) is 28.9 Å². The first-order chi connectivity index (χ1) is 7.65. The average molecular weight is 367 g/mol. The van der Waals surface area contributed by atoms with Gasteiger partial charge in [0.2, 0.25) is 0 Å². The third kappa shape index (κ3) is 3.08. The van der Waals surface area contributed by atoms with Crippen LogP contribution in [0.2, 0.25) is 0 Å². The zero-order valence-electron chi connectivity index (χ0n) is 8.76. The lowest BCUT2D eigenvalue weighted by Gasteiger charge is -2.13. The molecule has 1 heterocycles. The highest BCUT2D eigenvalue weighted by Crippen LogP contribution is 2.48. The van der Waals surface area contributed by atoms with Crippen LogP contribution >= 0.6 is 43.2 Å². The van der Waals surface area contributed by atoms with Crippen molar-refractivity contribution in [2.24, 2.45) is 5.41 Å². The SMILES string of the molecule is O=C(NCC1(CCBr)CC1)c1ccc(Br)s1. The molecule has 1 aromatic rings. The van der Waals surface area contributed by atoms with Crippen LogP contribution in [0.5, 0.6) is 0 Å². The summed E-state index contributed by atoms with van der Waals surface area (Å²) < 4.78 is 0.999. The number of rotatable bonds is 5. The quantitative estimate of drug-likeness (QED) is 0.789. The van der Waals surface area contributed by atoms with Gasteiger partial charge in [-0.3, -0.25) is 4.79 Å². The lowest BCUT2D eigenvalue weighted by Crippen LogP contribution is -2.29. The maximum atomic E-state index is 11.8. The molecule has 0 radical (unpaired) electrons. The van der Waals surface area contributed by atoms with Crippen molar-refractivity contribution in [3.8, 4) is 0 Å². The Morgan fingerprint density at radius 1 is 1.50 bits per heavy atom. The molecule has 0 atom stereocenters. The van der Waals surface area contributed by atoms with Gasteiger partial charge in [0, 0.05) is 11.9 Å². The summed E-state index contributed by atoms with van der Waals surface area (Å²) in [6.45, 7) is 0.812. The highest BCUT2D eigenvalue weighted by molar-refractivity contribution is 9.11. The fraction of sp³-hybridized carbons (Fsp3) is 0.545. The van der Waals surface area contributed by atoms with Gasteiger partial charge in [-0.15, -0.1) is 11.3 Å². The molecule has 1 N–H and O–H groups in total. The summed E-state index contributed by atoms with van der Waals surface area (Å²) in [5, 5.41) is 4.05. The fourth-order valence-corrected chi connectivity index (χ4v) is 3.83. The molecular weight excluding hydrogens is 354 g/mol. The fourth-order valence-electron chi connectivity index (χ4n) is 1.68. The highest BCUT2D eigenvalue weighted by atomic mass is 79.9. The second kappa shape index (κ2) is 5.19. The van der Waals surface area contributed by atoms with E-state index in [9.17, 15) is 4.79 Å². The molecule has 2 nitrogen and oxygen atoms in total. The van der Waals surface area contributed by atoms with Crippen LogP contribution in [0, 0.1) is 5.41 Å². The van der Waals surface area contributed by atoms with Crippen LogP contribution < -0.4 is 5.32 Å². The van der Waals surface area contributed by atoms with Gasteiger partial charge in [0.1, 0.15) is 0 Å². The zero-order chi connectivity index (χ0) is 11.6. The van der Waals surface area contributed by atoms with E-state index in [4.69, 9.17) is 0 Å². The Morgan fingerprint density at radius 2 is 2.25 bits per heavy atom. The molecule has 1 aliphatic rings. The van der Waals surface area contributed by atoms with Crippen molar-refractivity contribution in [3.05, 3.63) is 20.8 Å².